The molecule has 200 valence electrons. The van der Waals surface area contributed by atoms with Crippen molar-refractivity contribution in [1.29, 1.82) is 0 Å². The molecule has 11 heteroatoms. The second-order valence-electron chi connectivity index (χ2n) is 8.25. The van der Waals surface area contributed by atoms with Gasteiger partial charge in [0.2, 0.25) is 0 Å². The third-order valence-corrected chi connectivity index (χ3v) is 5.66. The molecule has 0 rings (SSSR count). The number of phosphoric ester groups is 1. The molecule has 0 aromatic rings. The van der Waals surface area contributed by atoms with Gasteiger partial charge in [-0.3, -0.25) is 4.52 Å². The molecule has 0 aromatic heterocycles. The molecule has 0 fully saturated rings. The summed E-state index contributed by atoms with van der Waals surface area (Å²) < 4.78 is 14.7. The Morgan fingerprint density at radius 3 is 1.21 bits per heavy atom. The Kier molecular flexibility index (Phi) is 26.4. The Morgan fingerprint density at radius 1 is 0.485 bits per heavy atom. The Labute approximate surface area is 199 Å². The van der Waals surface area contributed by atoms with Gasteiger partial charge in [0.1, 0.15) is 0 Å². The first-order valence-electron chi connectivity index (χ1n) is 12.7. The van der Waals surface area contributed by atoms with Gasteiger partial charge < -0.3 is 9.79 Å². The van der Waals surface area contributed by atoms with Crippen molar-refractivity contribution in [2.45, 2.75) is 122 Å². The summed E-state index contributed by atoms with van der Waals surface area (Å²) in [7, 11) is -4.41. The maximum atomic E-state index is 10.4. The van der Waals surface area contributed by atoms with E-state index in [0.29, 0.717) is 19.4 Å². The summed E-state index contributed by atoms with van der Waals surface area (Å²) >= 11 is 0. The summed E-state index contributed by atoms with van der Waals surface area (Å²) in [6.07, 6.45) is 21.8. The molecule has 2 N–H and O–H groups in total. The van der Waals surface area contributed by atoms with Gasteiger partial charge in [-0.25, -0.2) is 14.3 Å². The van der Waals surface area contributed by atoms with Crippen LogP contribution < -0.4 is 0 Å². The minimum Gasteiger partial charge on any atom is -0.303 e. The van der Waals surface area contributed by atoms with Crippen LogP contribution in [-0.4, -0.2) is 29.6 Å². The van der Waals surface area contributed by atoms with Gasteiger partial charge in [0.05, 0.1) is 19.8 Å². The first kappa shape index (κ1) is 32.9. The van der Waals surface area contributed by atoms with Gasteiger partial charge in [-0.05, 0) is 39.4 Å². The van der Waals surface area contributed by atoms with Crippen LogP contribution in [-0.2, 0) is 39.0 Å². The Bertz CT molecular complexity index is 422. The summed E-state index contributed by atoms with van der Waals surface area (Å²) in [6, 6.07) is 0. The van der Waals surface area contributed by atoms with Crippen LogP contribution in [0.25, 0.3) is 0 Å². The molecule has 0 unspecified atom stereocenters. The molecule has 0 spiro atoms. The summed E-state index contributed by atoms with van der Waals surface area (Å²) in [6.45, 7) is 2.69. The fraction of sp³-hybridized carbons (Fsp3) is 1.00. The quantitative estimate of drug-likeness (QED) is 0.0510. The highest BCUT2D eigenvalue weighted by Crippen LogP contribution is 2.35. The normalized spacial score (nSPS) is 12.0. The standard InChI is InChI=1S/C22H47O10P/c1-2-3-4-5-6-7-8-9-10-11-12-13-14-15-16-17-20-26-29-31-32-30-27-21-18-19-22-28-33(23,24)25/h2-22H2,1H3,(H2,23,24,25). The zero-order valence-corrected chi connectivity index (χ0v) is 21.4. The molecule has 10 nitrogen and oxygen atoms in total. The van der Waals surface area contributed by atoms with E-state index in [0.717, 1.165) is 12.8 Å². The van der Waals surface area contributed by atoms with Crippen molar-refractivity contribution in [3.8, 4) is 0 Å². The minimum atomic E-state index is -4.41. The first-order valence-corrected chi connectivity index (χ1v) is 14.2. The van der Waals surface area contributed by atoms with Crippen molar-refractivity contribution >= 4 is 7.82 Å². The SMILES string of the molecule is CCCCCCCCCCCCCCCCCCOOOOOOCCCCOP(=O)(O)O. The maximum absolute atomic E-state index is 10.4. The van der Waals surface area contributed by atoms with Gasteiger partial charge in [0, 0.05) is 0 Å². The van der Waals surface area contributed by atoms with Crippen LogP contribution in [0.1, 0.15) is 122 Å². The van der Waals surface area contributed by atoms with E-state index < -0.39 is 7.82 Å². The summed E-state index contributed by atoms with van der Waals surface area (Å²) in [5, 5.41) is 16.7. The highest BCUT2D eigenvalue weighted by molar-refractivity contribution is 7.46. The third-order valence-electron chi connectivity index (χ3n) is 5.14. The molecule has 0 saturated heterocycles. The molecule has 0 aromatic carbocycles. The summed E-state index contributed by atoms with van der Waals surface area (Å²) in [4.78, 5) is 26.3. The zero-order chi connectivity index (χ0) is 24.3. The monoisotopic (exact) mass is 502 g/mol. The van der Waals surface area contributed by atoms with E-state index in [1.807, 2.05) is 0 Å². The van der Waals surface area contributed by atoms with Crippen molar-refractivity contribution in [3.63, 3.8) is 0 Å². The zero-order valence-electron chi connectivity index (χ0n) is 20.5. The van der Waals surface area contributed by atoms with Gasteiger partial charge in [-0.2, -0.15) is 0 Å². The molecule has 0 aliphatic heterocycles. The van der Waals surface area contributed by atoms with E-state index in [2.05, 4.69) is 36.5 Å². The number of hydrogen-bond donors (Lipinski definition) is 2. The van der Waals surface area contributed by atoms with Gasteiger partial charge in [0.25, 0.3) is 0 Å². The second kappa shape index (κ2) is 26.5. The third kappa shape index (κ3) is 31.9. The molecule has 0 saturated carbocycles. The average Bonchev–Trinajstić information content (AvgIpc) is 2.78. The van der Waals surface area contributed by atoms with Crippen LogP contribution >= 0.6 is 7.82 Å². The number of unbranched alkanes of at least 4 members (excludes halogenated alkanes) is 16. The van der Waals surface area contributed by atoms with Crippen LogP contribution in [0.3, 0.4) is 0 Å². The van der Waals surface area contributed by atoms with Gasteiger partial charge >= 0.3 is 7.82 Å². The maximum Gasteiger partial charge on any atom is 0.469 e. The fourth-order valence-electron chi connectivity index (χ4n) is 3.29. The van der Waals surface area contributed by atoms with Crippen LogP contribution in [0.2, 0.25) is 0 Å². The lowest BCUT2D eigenvalue weighted by atomic mass is 10.0. The van der Waals surface area contributed by atoms with E-state index in [1.165, 1.54) is 89.9 Å². The molecule has 0 atom stereocenters. The van der Waals surface area contributed by atoms with Gasteiger partial charge in [-0.1, -0.05) is 103 Å². The van der Waals surface area contributed by atoms with E-state index in [-0.39, 0.29) is 13.2 Å². The van der Waals surface area contributed by atoms with Crippen LogP contribution in [0.4, 0.5) is 0 Å². The van der Waals surface area contributed by atoms with E-state index in [1.54, 1.807) is 0 Å². The lowest BCUT2D eigenvalue weighted by Gasteiger charge is -2.05. The number of hydrogen-bond acceptors (Lipinski definition) is 8. The Balaban J connectivity index is 3.03. The fourth-order valence-corrected chi connectivity index (χ4v) is 3.65. The average molecular weight is 503 g/mol. The largest absolute Gasteiger partial charge is 0.469 e. The lowest BCUT2D eigenvalue weighted by Crippen LogP contribution is -2.03. The molecular formula is C22H47O10P. The molecule has 0 bridgehead atoms. The Morgan fingerprint density at radius 2 is 0.818 bits per heavy atom. The Hall–Kier alpha value is -0.130. The highest BCUT2D eigenvalue weighted by Gasteiger charge is 2.12. The molecule has 0 radical (unpaired) electrons. The van der Waals surface area contributed by atoms with Crippen molar-refractivity contribution in [2.24, 2.45) is 0 Å². The van der Waals surface area contributed by atoms with E-state index in [4.69, 9.17) is 14.7 Å². The van der Waals surface area contributed by atoms with Crippen LogP contribution in [0.5, 0.6) is 0 Å². The predicted molar refractivity (Wildman–Crippen MR) is 123 cm³/mol. The molecule has 0 aliphatic carbocycles. The number of phosphoric acid groups is 1. The minimum absolute atomic E-state index is 0.0820. The molecule has 0 amide bonds. The molecule has 33 heavy (non-hydrogen) atoms. The van der Waals surface area contributed by atoms with Gasteiger partial charge in [-0.15, -0.1) is 0 Å². The summed E-state index contributed by atoms with van der Waals surface area (Å²) in [5.41, 5.74) is 0. The van der Waals surface area contributed by atoms with Gasteiger partial charge in [0.15, 0.2) is 0 Å². The smallest absolute Gasteiger partial charge is 0.303 e. The highest BCUT2D eigenvalue weighted by atomic mass is 31.2. The van der Waals surface area contributed by atoms with Crippen molar-refractivity contribution < 1.29 is 48.8 Å². The predicted octanol–water partition coefficient (Wildman–Crippen LogP) is 6.81. The molecule has 0 heterocycles. The molecule has 0 aliphatic rings. The molecular weight excluding hydrogens is 455 g/mol. The van der Waals surface area contributed by atoms with Crippen LogP contribution in [0.15, 0.2) is 0 Å². The number of rotatable bonds is 28. The van der Waals surface area contributed by atoms with Crippen molar-refractivity contribution in [2.75, 3.05) is 19.8 Å². The lowest BCUT2D eigenvalue weighted by molar-refractivity contribution is -0.756. The van der Waals surface area contributed by atoms with E-state index >= 15 is 0 Å². The first-order chi connectivity index (χ1) is 16.1. The van der Waals surface area contributed by atoms with E-state index in [9.17, 15) is 4.57 Å². The van der Waals surface area contributed by atoms with Crippen molar-refractivity contribution in [1.82, 2.24) is 0 Å². The van der Waals surface area contributed by atoms with Crippen LogP contribution in [0, 0.1) is 0 Å². The topological polar surface area (TPSA) is 122 Å². The second-order valence-corrected chi connectivity index (χ2v) is 9.49. The summed E-state index contributed by atoms with van der Waals surface area (Å²) in [5.74, 6) is 0. The van der Waals surface area contributed by atoms with Crippen molar-refractivity contribution in [3.05, 3.63) is 0 Å².